The third kappa shape index (κ3) is 10.2. The summed E-state index contributed by atoms with van der Waals surface area (Å²) in [5.41, 5.74) is -1.57. The number of esters is 3. The largest absolute Gasteiger partial charge is 0.465 e. The second kappa shape index (κ2) is 14.5. The summed E-state index contributed by atoms with van der Waals surface area (Å²) in [5.74, 6) is -0.551. The van der Waals surface area contributed by atoms with Crippen LogP contribution in [-0.4, -0.2) is 95.6 Å². The first-order chi connectivity index (χ1) is 21.7. The SMILES string of the molecule is COC(CCC(=O)OCC1CC(C)(C)NC1(C)C)(CCC(=O)OCC1CC(C)(C)N(C)C1(C)C)CC(=O)OCC1CC(C)(C)NC1(C)C. The molecule has 0 aromatic rings. The molecule has 3 aliphatic heterocycles. The average Bonchev–Trinajstić information content (AvgIpc) is 3.37. The van der Waals surface area contributed by atoms with Crippen LogP contribution in [0.3, 0.4) is 0 Å². The van der Waals surface area contributed by atoms with Crippen molar-refractivity contribution in [2.45, 2.75) is 173 Å². The Morgan fingerprint density at radius 2 is 1.04 bits per heavy atom. The molecule has 3 rings (SSSR count). The van der Waals surface area contributed by atoms with E-state index in [0.717, 1.165) is 19.3 Å². The van der Waals surface area contributed by atoms with Crippen LogP contribution in [-0.2, 0) is 33.3 Å². The fourth-order valence-electron chi connectivity index (χ4n) is 8.91. The van der Waals surface area contributed by atoms with E-state index in [1.54, 1.807) is 0 Å². The van der Waals surface area contributed by atoms with Crippen molar-refractivity contribution < 1.29 is 33.3 Å². The van der Waals surface area contributed by atoms with E-state index in [2.05, 4.69) is 106 Å². The fourth-order valence-corrected chi connectivity index (χ4v) is 8.91. The smallest absolute Gasteiger partial charge is 0.308 e. The lowest BCUT2D eigenvalue weighted by atomic mass is 9.87. The van der Waals surface area contributed by atoms with Crippen molar-refractivity contribution in [1.29, 1.82) is 0 Å². The minimum absolute atomic E-state index is 0.0144. The van der Waals surface area contributed by atoms with Gasteiger partial charge in [0.25, 0.3) is 0 Å². The Morgan fingerprint density at radius 3 is 1.38 bits per heavy atom. The molecule has 0 aromatic heterocycles. The van der Waals surface area contributed by atoms with Gasteiger partial charge in [0.05, 0.1) is 31.8 Å². The average molecular weight is 680 g/mol. The molecule has 3 aliphatic rings. The minimum atomic E-state index is -1.08. The molecule has 0 aromatic carbocycles. The van der Waals surface area contributed by atoms with Crippen molar-refractivity contribution in [2.24, 2.45) is 17.8 Å². The molecular formula is C38H69N3O7. The van der Waals surface area contributed by atoms with Gasteiger partial charge in [-0.3, -0.25) is 19.3 Å². The normalized spacial score (nSPS) is 29.2. The molecule has 3 fully saturated rings. The van der Waals surface area contributed by atoms with Crippen LogP contribution in [0.2, 0.25) is 0 Å². The Hall–Kier alpha value is -1.75. The molecule has 278 valence electrons. The van der Waals surface area contributed by atoms with Crippen LogP contribution in [0.5, 0.6) is 0 Å². The fraction of sp³-hybridized carbons (Fsp3) is 0.921. The van der Waals surface area contributed by atoms with Gasteiger partial charge in [0, 0.05) is 70.9 Å². The Balaban J connectivity index is 1.63. The van der Waals surface area contributed by atoms with E-state index in [4.69, 9.17) is 18.9 Å². The van der Waals surface area contributed by atoms with Gasteiger partial charge < -0.3 is 29.6 Å². The molecule has 0 aliphatic carbocycles. The second-order valence-electron chi connectivity index (χ2n) is 18.8. The lowest BCUT2D eigenvalue weighted by Crippen LogP contribution is -2.47. The third-order valence-electron chi connectivity index (χ3n) is 12.2. The first kappa shape index (κ1) is 40.7. The highest BCUT2D eigenvalue weighted by atomic mass is 16.5. The van der Waals surface area contributed by atoms with Crippen LogP contribution in [0.15, 0.2) is 0 Å². The maximum absolute atomic E-state index is 13.4. The molecule has 0 radical (unpaired) electrons. The molecule has 3 saturated heterocycles. The Labute approximate surface area is 291 Å². The predicted octanol–water partition coefficient (Wildman–Crippen LogP) is 5.79. The Bertz CT molecular complexity index is 1160. The molecular weight excluding hydrogens is 610 g/mol. The van der Waals surface area contributed by atoms with Crippen LogP contribution < -0.4 is 10.6 Å². The molecule has 0 spiro atoms. The summed E-state index contributed by atoms with van der Waals surface area (Å²) >= 11 is 0. The summed E-state index contributed by atoms with van der Waals surface area (Å²) < 4.78 is 23.4. The zero-order valence-corrected chi connectivity index (χ0v) is 32.8. The molecule has 4 unspecified atom stereocenters. The monoisotopic (exact) mass is 680 g/mol. The summed E-state index contributed by atoms with van der Waals surface area (Å²) in [4.78, 5) is 41.9. The zero-order chi connectivity index (χ0) is 36.6. The van der Waals surface area contributed by atoms with E-state index < -0.39 is 11.6 Å². The van der Waals surface area contributed by atoms with E-state index in [1.165, 1.54) is 7.11 Å². The van der Waals surface area contributed by atoms with E-state index in [0.29, 0.717) is 13.2 Å². The van der Waals surface area contributed by atoms with E-state index in [9.17, 15) is 14.4 Å². The molecule has 4 atom stereocenters. The number of nitrogens with one attached hydrogen (secondary N) is 2. The topological polar surface area (TPSA) is 115 Å². The van der Waals surface area contributed by atoms with Gasteiger partial charge in [-0.1, -0.05) is 0 Å². The van der Waals surface area contributed by atoms with Crippen LogP contribution in [0.1, 0.15) is 134 Å². The number of hydrogen-bond acceptors (Lipinski definition) is 10. The minimum Gasteiger partial charge on any atom is -0.465 e. The van der Waals surface area contributed by atoms with Gasteiger partial charge in [0.2, 0.25) is 0 Å². The van der Waals surface area contributed by atoms with Gasteiger partial charge in [-0.2, -0.15) is 0 Å². The van der Waals surface area contributed by atoms with Gasteiger partial charge in [-0.25, -0.2) is 0 Å². The van der Waals surface area contributed by atoms with Crippen molar-refractivity contribution in [1.82, 2.24) is 15.5 Å². The van der Waals surface area contributed by atoms with Crippen LogP contribution >= 0.6 is 0 Å². The van der Waals surface area contributed by atoms with Gasteiger partial charge in [-0.05, 0) is 122 Å². The van der Waals surface area contributed by atoms with Crippen molar-refractivity contribution in [3.63, 3.8) is 0 Å². The maximum Gasteiger partial charge on any atom is 0.308 e. The highest BCUT2D eigenvalue weighted by Crippen LogP contribution is 2.44. The lowest BCUT2D eigenvalue weighted by molar-refractivity contribution is -0.158. The number of hydrogen-bond donors (Lipinski definition) is 2. The summed E-state index contributed by atoms with van der Waals surface area (Å²) in [6.07, 6.45) is 3.21. The number of likely N-dealkylation sites (tertiary alicyclic amines) is 1. The number of rotatable bonds is 15. The quantitative estimate of drug-likeness (QED) is 0.163. The maximum atomic E-state index is 13.4. The molecule has 0 amide bonds. The van der Waals surface area contributed by atoms with Crippen LogP contribution in [0.25, 0.3) is 0 Å². The van der Waals surface area contributed by atoms with Crippen LogP contribution in [0, 0.1) is 17.8 Å². The summed E-state index contributed by atoms with van der Waals surface area (Å²) in [6, 6.07) is 0. The van der Waals surface area contributed by atoms with E-state index in [-0.39, 0.29) is 102 Å². The van der Waals surface area contributed by atoms with E-state index >= 15 is 0 Å². The molecule has 3 heterocycles. The molecule has 48 heavy (non-hydrogen) atoms. The van der Waals surface area contributed by atoms with Crippen molar-refractivity contribution in [3.05, 3.63) is 0 Å². The zero-order valence-electron chi connectivity index (χ0n) is 32.8. The van der Waals surface area contributed by atoms with Crippen LogP contribution in [0.4, 0.5) is 0 Å². The van der Waals surface area contributed by atoms with Crippen molar-refractivity contribution in [2.75, 3.05) is 34.0 Å². The van der Waals surface area contributed by atoms with Gasteiger partial charge in [0.1, 0.15) is 0 Å². The number of nitrogens with zero attached hydrogens (tertiary/aromatic N) is 1. The summed E-state index contributed by atoms with van der Waals surface area (Å²) in [6.45, 7) is 26.9. The Morgan fingerprint density at radius 1 is 0.646 bits per heavy atom. The number of carbonyl (C=O) groups excluding carboxylic acids is 3. The number of methoxy groups -OCH3 is 1. The third-order valence-corrected chi connectivity index (χ3v) is 12.2. The molecule has 10 nitrogen and oxygen atoms in total. The number of ether oxygens (including phenoxy) is 4. The van der Waals surface area contributed by atoms with Crippen molar-refractivity contribution in [3.8, 4) is 0 Å². The first-order valence-electron chi connectivity index (χ1n) is 18.1. The van der Waals surface area contributed by atoms with Crippen molar-refractivity contribution >= 4 is 17.9 Å². The summed E-state index contributed by atoms with van der Waals surface area (Å²) in [5, 5.41) is 7.25. The molecule has 10 heteroatoms. The molecule has 0 saturated carbocycles. The van der Waals surface area contributed by atoms with E-state index in [1.807, 2.05) is 0 Å². The standard InChI is InChI=1S/C38H69N3O7/c1-32(2)19-26(35(7,8)39-32)23-46-29(42)15-17-38(45-14,22-31(44)48-24-27-20-33(3,4)40-36(27,9)10)18-16-30(43)47-25-28-21-34(5,6)41(13)37(28,11)12/h26-28,39-40H,15-25H2,1-14H3. The number of carbonyl (C=O) groups is 3. The first-order valence-corrected chi connectivity index (χ1v) is 18.1. The predicted molar refractivity (Wildman–Crippen MR) is 189 cm³/mol. The Kier molecular flexibility index (Phi) is 12.3. The highest BCUT2D eigenvalue weighted by Gasteiger charge is 2.50. The van der Waals surface area contributed by atoms with Gasteiger partial charge in [-0.15, -0.1) is 0 Å². The van der Waals surface area contributed by atoms with Gasteiger partial charge in [0.15, 0.2) is 0 Å². The lowest BCUT2D eigenvalue weighted by Gasteiger charge is -2.38. The highest BCUT2D eigenvalue weighted by molar-refractivity contribution is 5.73. The second-order valence-corrected chi connectivity index (χ2v) is 18.8. The molecule has 2 N–H and O–H groups in total. The van der Waals surface area contributed by atoms with Gasteiger partial charge >= 0.3 is 17.9 Å². The summed E-state index contributed by atoms with van der Waals surface area (Å²) in [7, 11) is 3.65. The molecule has 0 bridgehead atoms.